The minimum atomic E-state index is -0.189. The number of para-hydroxylation sites is 4. The van der Waals surface area contributed by atoms with Crippen LogP contribution in [-0.2, 0) is 4.79 Å². The van der Waals surface area contributed by atoms with Crippen LogP contribution in [0.5, 0.6) is 11.5 Å². The smallest absolute Gasteiger partial charge is 0.269 e. The highest BCUT2D eigenvalue weighted by Gasteiger charge is 2.19. The van der Waals surface area contributed by atoms with Gasteiger partial charge < -0.3 is 14.5 Å². The van der Waals surface area contributed by atoms with Crippen LogP contribution in [0.25, 0.3) is 22.4 Å². The molecule has 0 aliphatic carbocycles. The summed E-state index contributed by atoms with van der Waals surface area (Å²) in [6.07, 6.45) is 0. The maximum absolute atomic E-state index is 13.3. The van der Waals surface area contributed by atoms with E-state index >= 15 is 0 Å². The van der Waals surface area contributed by atoms with Crippen molar-refractivity contribution < 1.29 is 14.3 Å². The van der Waals surface area contributed by atoms with Crippen molar-refractivity contribution in [2.45, 2.75) is 6.92 Å². The molecule has 0 bridgehead atoms. The summed E-state index contributed by atoms with van der Waals surface area (Å²) in [5.74, 6) is 1.62. The van der Waals surface area contributed by atoms with E-state index in [1.54, 1.807) is 4.90 Å². The van der Waals surface area contributed by atoms with Crippen molar-refractivity contribution in [3.05, 3.63) is 103 Å². The number of carbonyl (C=O) groups excluding carboxylic acids is 1. The molecule has 5 aromatic rings. The lowest BCUT2D eigenvalue weighted by Crippen LogP contribution is -2.31. The van der Waals surface area contributed by atoms with Gasteiger partial charge >= 0.3 is 0 Å². The number of nitrogens with zero attached hydrogens (tertiary/aromatic N) is 2. The van der Waals surface area contributed by atoms with Crippen LogP contribution in [0.2, 0.25) is 0 Å². The molecule has 5 rings (SSSR count). The minimum absolute atomic E-state index is 0.145. The number of nitrogens with one attached hydrogen (secondary N) is 1. The van der Waals surface area contributed by atoms with Crippen molar-refractivity contribution in [1.29, 1.82) is 0 Å². The number of carbonyl (C=O) groups is 1. The first-order chi connectivity index (χ1) is 17.2. The largest absolute Gasteiger partial charge is 0.490 e. The van der Waals surface area contributed by atoms with Gasteiger partial charge in [0.05, 0.1) is 17.6 Å². The Hall–Kier alpha value is -4.58. The molecule has 174 valence electrons. The first-order valence-electron chi connectivity index (χ1n) is 11.5. The summed E-state index contributed by atoms with van der Waals surface area (Å²) in [5.41, 5.74) is 4.29. The zero-order valence-electron chi connectivity index (χ0n) is 19.3. The molecule has 6 heteroatoms. The molecule has 1 amide bonds. The Morgan fingerprint density at radius 3 is 2.11 bits per heavy atom. The van der Waals surface area contributed by atoms with Crippen molar-refractivity contribution >= 4 is 28.3 Å². The van der Waals surface area contributed by atoms with Gasteiger partial charge in [-0.25, -0.2) is 4.98 Å². The first-order valence-corrected chi connectivity index (χ1v) is 11.5. The summed E-state index contributed by atoms with van der Waals surface area (Å²) in [7, 11) is 0. The van der Waals surface area contributed by atoms with Crippen molar-refractivity contribution in [2.75, 3.05) is 18.1 Å². The predicted molar refractivity (Wildman–Crippen MR) is 138 cm³/mol. The quantitative estimate of drug-likeness (QED) is 0.290. The maximum Gasteiger partial charge on any atom is 0.269 e. The van der Waals surface area contributed by atoms with E-state index in [1.807, 2.05) is 110 Å². The fourth-order valence-corrected chi connectivity index (χ4v) is 3.93. The Labute approximate surface area is 203 Å². The van der Waals surface area contributed by atoms with Crippen molar-refractivity contribution in [2.24, 2.45) is 0 Å². The van der Waals surface area contributed by atoms with Crippen LogP contribution >= 0.6 is 0 Å². The molecule has 0 spiro atoms. The average molecular weight is 464 g/mol. The molecule has 0 saturated heterocycles. The van der Waals surface area contributed by atoms with Crippen molar-refractivity contribution in [3.8, 4) is 22.9 Å². The van der Waals surface area contributed by atoms with Gasteiger partial charge in [-0.1, -0.05) is 48.5 Å². The van der Waals surface area contributed by atoms with Gasteiger partial charge in [-0.2, -0.15) is 0 Å². The summed E-state index contributed by atoms with van der Waals surface area (Å²) in [6.45, 7) is 2.23. The summed E-state index contributed by atoms with van der Waals surface area (Å²) in [6, 6.07) is 32.6. The maximum atomic E-state index is 13.3. The molecule has 0 aliphatic heterocycles. The van der Waals surface area contributed by atoms with E-state index in [0.29, 0.717) is 18.1 Å². The zero-order valence-corrected chi connectivity index (χ0v) is 19.3. The summed E-state index contributed by atoms with van der Waals surface area (Å²) < 4.78 is 11.8. The average Bonchev–Trinajstić information content (AvgIpc) is 3.34. The predicted octanol–water partition coefficient (Wildman–Crippen LogP) is 6.37. The Bertz CT molecular complexity index is 1360. The highest BCUT2D eigenvalue weighted by Crippen LogP contribution is 2.33. The summed E-state index contributed by atoms with van der Waals surface area (Å²) in [5, 5.41) is 0. The number of imidazole rings is 1. The second kappa shape index (κ2) is 10.1. The topological polar surface area (TPSA) is 67.5 Å². The third-order valence-electron chi connectivity index (χ3n) is 5.54. The molecular formula is C29H25N3O3. The van der Waals surface area contributed by atoms with Gasteiger partial charge in [0.1, 0.15) is 5.82 Å². The van der Waals surface area contributed by atoms with Gasteiger partial charge in [-0.3, -0.25) is 9.69 Å². The number of amides is 1. The standard InChI is InChI=1S/C29H25N3O3/c1-2-34-27-19-21(29-30-24-15-9-10-16-25(24)31-29)17-18-26(27)35-20-28(33)32(22-11-5-3-6-12-22)23-13-7-4-8-14-23/h3-19H,2,20H2,1H3,(H,30,31). The molecule has 0 atom stereocenters. The van der Waals surface area contributed by atoms with Gasteiger partial charge in [-0.15, -0.1) is 0 Å². The number of rotatable bonds is 8. The second-order valence-corrected chi connectivity index (χ2v) is 7.89. The Morgan fingerprint density at radius 2 is 1.46 bits per heavy atom. The summed E-state index contributed by atoms with van der Waals surface area (Å²) >= 11 is 0. The number of aromatic nitrogens is 2. The molecule has 1 aromatic heterocycles. The van der Waals surface area contributed by atoms with E-state index < -0.39 is 0 Å². The number of aromatic amines is 1. The molecule has 0 aliphatic rings. The number of hydrogen-bond acceptors (Lipinski definition) is 4. The molecule has 0 fully saturated rings. The van der Waals surface area contributed by atoms with E-state index in [4.69, 9.17) is 9.47 Å². The van der Waals surface area contributed by atoms with Gasteiger partial charge in [0.15, 0.2) is 18.1 Å². The van der Waals surface area contributed by atoms with Crippen LogP contribution < -0.4 is 14.4 Å². The van der Waals surface area contributed by atoms with E-state index in [9.17, 15) is 4.79 Å². The molecule has 35 heavy (non-hydrogen) atoms. The number of ether oxygens (including phenoxy) is 2. The molecule has 6 nitrogen and oxygen atoms in total. The van der Waals surface area contributed by atoms with Crippen LogP contribution in [0.15, 0.2) is 103 Å². The SMILES string of the molecule is CCOc1cc(-c2nc3ccccc3[nH]2)ccc1OCC(=O)N(c1ccccc1)c1ccccc1. The van der Waals surface area contributed by atoms with Gasteiger partial charge in [0, 0.05) is 16.9 Å². The molecule has 0 saturated carbocycles. The Balaban J connectivity index is 1.39. The van der Waals surface area contributed by atoms with Crippen LogP contribution in [0, 0.1) is 0 Å². The highest BCUT2D eigenvalue weighted by molar-refractivity contribution is 6.01. The number of benzene rings is 4. The number of H-pyrrole nitrogens is 1. The molecule has 0 unspecified atom stereocenters. The third-order valence-corrected chi connectivity index (χ3v) is 5.54. The number of anilines is 2. The van der Waals surface area contributed by atoms with Crippen LogP contribution in [-0.4, -0.2) is 29.1 Å². The third kappa shape index (κ3) is 4.87. The van der Waals surface area contributed by atoms with Crippen LogP contribution in [0.1, 0.15) is 6.92 Å². The minimum Gasteiger partial charge on any atom is -0.490 e. The highest BCUT2D eigenvalue weighted by atomic mass is 16.5. The number of fused-ring (bicyclic) bond motifs is 1. The Morgan fingerprint density at radius 1 is 0.800 bits per heavy atom. The lowest BCUT2D eigenvalue weighted by molar-refractivity contribution is -0.119. The van der Waals surface area contributed by atoms with E-state index in [-0.39, 0.29) is 12.5 Å². The lowest BCUT2D eigenvalue weighted by atomic mass is 10.2. The molecular weight excluding hydrogens is 438 g/mol. The monoisotopic (exact) mass is 463 g/mol. The van der Waals surface area contributed by atoms with Crippen molar-refractivity contribution in [1.82, 2.24) is 9.97 Å². The van der Waals surface area contributed by atoms with Crippen LogP contribution in [0.3, 0.4) is 0 Å². The first kappa shape index (κ1) is 22.2. The van der Waals surface area contributed by atoms with E-state index in [1.165, 1.54) is 0 Å². The molecule has 1 heterocycles. The molecule has 1 N–H and O–H groups in total. The zero-order chi connectivity index (χ0) is 24.0. The van der Waals surface area contributed by atoms with E-state index in [2.05, 4.69) is 9.97 Å². The van der Waals surface area contributed by atoms with Crippen LogP contribution in [0.4, 0.5) is 11.4 Å². The summed E-state index contributed by atoms with van der Waals surface area (Å²) in [4.78, 5) is 23.0. The Kier molecular flexibility index (Phi) is 6.44. The van der Waals surface area contributed by atoms with E-state index in [0.717, 1.165) is 33.8 Å². The molecule has 0 radical (unpaired) electrons. The van der Waals surface area contributed by atoms with Gasteiger partial charge in [-0.05, 0) is 61.5 Å². The fourth-order valence-electron chi connectivity index (χ4n) is 3.93. The second-order valence-electron chi connectivity index (χ2n) is 7.89. The normalized spacial score (nSPS) is 10.8. The molecule has 4 aromatic carbocycles. The number of hydrogen-bond donors (Lipinski definition) is 1. The fraction of sp³-hybridized carbons (Fsp3) is 0.103. The van der Waals surface area contributed by atoms with Gasteiger partial charge in [0.2, 0.25) is 0 Å². The van der Waals surface area contributed by atoms with Crippen molar-refractivity contribution in [3.63, 3.8) is 0 Å². The van der Waals surface area contributed by atoms with Gasteiger partial charge in [0.25, 0.3) is 5.91 Å². The lowest BCUT2D eigenvalue weighted by Gasteiger charge is -2.23.